The Bertz CT molecular complexity index is 1330. The van der Waals surface area contributed by atoms with E-state index in [1.165, 1.54) is 23.1 Å². The Morgan fingerprint density at radius 1 is 1.22 bits per heavy atom. The van der Waals surface area contributed by atoms with Gasteiger partial charge in [0.05, 0.1) is 23.2 Å². The van der Waals surface area contributed by atoms with Crippen LogP contribution in [0.1, 0.15) is 48.1 Å². The molecule has 2 aromatic rings. The van der Waals surface area contributed by atoms with E-state index in [1.807, 2.05) is 37.3 Å². The number of hydrogen-bond donors (Lipinski definition) is 4. The van der Waals surface area contributed by atoms with Gasteiger partial charge in [0, 0.05) is 13.1 Å². The van der Waals surface area contributed by atoms with E-state index in [1.54, 1.807) is 0 Å². The monoisotopic (exact) mass is 513 g/mol. The van der Waals surface area contributed by atoms with Gasteiger partial charge in [-0.15, -0.1) is 4.40 Å². The summed E-state index contributed by atoms with van der Waals surface area (Å²) in [6.07, 6.45) is 1.63. The minimum atomic E-state index is -4.04. The van der Waals surface area contributed by atoms with Crippen molar-refractivity contribution >= 4 is 39.4 Å². The average molecular weight is 514 g/mol. The number of para-hydroxylation sites is 1. The number of benzene rings is 2. The van der Waals surface area contributed by atoms with Gasteiger partial charge in [-0.05, 0) is 37.0 Å². The molecule has 1 fully saturated rings. The summed E-state index contributed by atoms with van der Waals surface area (Å²) < 4.78 is 30.4. The van der Waals surface area contributed by atoms with Crippen molar-refractivity contribution in [1.82, 2.24) is 9.62 Å². The summed E-state index contributed by atoms with van der Waals surface area (Å²) in [7, 11) is -4.04. The third-order valence-electron chi connectivity index (χ3n) is 6.09. The van der Waals surface area contributed by atoms with Crippen molar-refractivity contribution in [3.63, 3.8) is 0 Å². The number of aliphatic carboxylic acids is 1. The van der Waals surface area contributed by atoms with E-state index in [9.17, 15) is 28.2 Å². The molecule has 0 radical (unpaired) electrons. The number of aromatic hydroxyl groups is 1. The molecule has 12 heteroatoms. The molecule has 11 nitrogen and oxygen atoms in total. The van der Waals surface area contributed by atoms with Gasteiger partial charge in [0.25, 0.3) is 5.91 Å². The summed E-state index contributed by atoms with van der Waals surface area (Å²) in [5.74, 6) is -2.67. The van der Waals surface area contributed by atoms with Crippen LogP contribution in [-0.4, -0.2) is 60.2 Å². The summed E-state index contributed by atoms with van der Waals surface area (Å²) in [5, 5.41) is 23.0. The van der Waals surface area contributed by atoms with Gasteiger partial charge in [0.15, 0.2) is 17.4 Å². The molecule has 0 spiro atoms. The lowest BCUT2D eigenvalue weighted by Gasteiger charge is -2.31. The fourth-order valence-corrected chi connectivity index (χ4v) is 5.05. The molecule has 1 amide bonds. The normalized spacial score (nSPS) is 20.9. The van der Waals surface area contributed by atoms with Crippen molar-refractivity contribution in [1.29, 1.82) is 0 Å². The molecule has 36 heavy (non-hydrogen) atoms. The Morgan fingerprint density at radius 2 is 1.97 bits per heavy atom. The number of phenols is 1. The number of anilines is 1. The number of amides is 1. The minimum absolute atomic E-state index is 0.0119. The van der Waals surface area contributed by atoms with E-state index in [4.69, 9.17) is 0 Å². The molecule has 2 aliphatic heterocycles. The third kappa shape index (κ3) is 5.48. The number of nitrogens with zero attached hydrogens (tertiary/aromatic N) is 3. The van der Waals surface area contributed by atoms with Gasteiger partial charge < -0.3 is 20.4 Å². The van der Waals surface area contributed by atoms with Crippen LogP contribution in [0.4, 0.5) is 5.69 Å². The molecule has 0 saturated carbocycles. The highest BCUT2D eigenvalue weighted by molar-refractivity contribution is 7.89. The molecule has 1 saturated heterocycles. The van der Waals surface area contributed by atoms with Gasteiger partial charge in [0.2, 0.25) is 0 Å². The molecular weight excluding hydrogens is 486 g/mol. The van der Waals surface area contributed by atoms with E-state index < -0.39 is 33.8 Å². The number of hydrogen-bond acceptors (Lipinski definition) is 7. The number of likely N-dealkylation sites (tertiary alicyclic amines) is 1. The van der Waals surface area contributed by atoms with Gasteiger partial charge in [-0.2, -0.15) is 8.42 Å². The zero-order chi connectivity index (χ0) is 25.9. The predicted molar refractivity (Wildman–Crippen MR) is 134 cm³/mol. The number of carbonyl (C=O) groups excluding carboxylic acids is 1. The first-order valence-corrected chi connectivity index (χ1v) is 13.0. The van der Waals surface area contributed by atoms with Crippen LogP contribution in [0.5, 0.6) is 5.75 Å². The predicted octanol–water partition coefficient (Wildman–Crippen LogP) is 2.54. The summed E-state index contributed by atoms with van der Waals surface area (Å²) in [4.78, 5) is 30.4. The molecule has 2 aliphatic rings. The fourth-order valence-electron chi connectivity index (χ4n) is 4.24. The first-order valence-electron chi connectivity index (χ1n) is 11.6. The minimum Gasteiger partial charge on any atom is -0.505 e. The summed E-state index contributed by atoms with van der Waals surface area (Å²) >= 11 is 0. The van der Waals surface area contributed by atoms with E-state index >= 15 is 0 Å². The van der Waals surface area contributed by atoms with Gasteiger partial charge in [0.1, 0.15) is 0 Å². The number of nitrogens with one attached hydrogen (secondary N) is 2. The van der Waals surface area contributed by atoms with Gasteiger partial charge in [-0.25, -0.2) is 4.72 Å². The molecule has 2 heterocycles. The number of aliphatic imine (C=N–C) groups is 1. The number of phenolic OH excluding ortho intramolecular Hbond substituents is 1. The van der Waals surface area contributed by atoms with E-state index in [2.05, 4.69) is 19.4 Å². The number of carboxylic acids is 1. The first kappa shape index (κ1) is 25.2. The number of carbonyl (C=O) groups is 2. The highest BCUT2D eigenvalue weighted by atomic mass is 32.2. The topological polar surface area (TPSA) is 161 Å². The highest BCUT2D eigenvalue weighted by Crippen LogP contribution is 2.31. The molecular formula is C24H27N5O6S. The molecule has 2 aromatic carbocycles. The maximum atomic E-state index is 13.1. The van der Waals surface area contributed by atoms with Gasteiger partial charge in [-0.1, -0.05) is 43.3 Å². The molecule has 2 atom stereocenters. The maximum Gasteiger partial charge on any atom is 0.345 e. The van der Waals surface area contributed by atoms with Gasteiger partial charge in [-0.3, -0.25) is 14.6 Å². The molecule has 0 aliphatic carbocycles. The molecule has 4 N–H and O–H groups in total. The Labute approximate surface area is 208 Å². The standard InChI is InChI=1S/C24H27N5O6S/c1-2-18(15-8-4-3-5-9-15)25-21-22(28-36(34,35)27-21)26-19-12-6-11-17(20(19)30)23(31)29-13-7-10-16(14-29)24(32)33/h3-6,8-9,11-12,16,18,30H,2,7,10,13-14H2,1H3,(H,25,27)(H,26,28)(H,32,33)/t16-,18-/m1/s1. The quantitative estimate of drug-likeness (QED) is 0.432. The molecule has 190 valence electrons. The smallest absolute Gasteiger partial charge is 0.345 e. The third-order valence-corrected chi connectivity index (χ3v) is 6.97. The molecule has 0 unspecified atom stereocenters. The fraction of sp³-hybridized carbons (Fsp3) is 0.333. The molecule has 0 bridgehead atoms. The lowest BCUT2D eigenvalue weighted by molar-refractivity contribution is -0.143. The molecule has 0 aromatic heterocycles. The largest absolute Gasteiger partial charge is 0.505 e. The zero-order valence-electron chi connectivity index (χ0n) is 19.6. The van der Waals surface area contributed by atoms with Crippen molar-refractivity contribution in [3.05, 3.63) is 59.7 Å². The van der Waals surface area contributed by atoms with Crippen LogP contribution in [0.2, 0.25) is 0 Å². The van der Waals surface area contributed by atoms with Crippen LogP contribution in [0.3, 0.4) is 0 Å². The Morgan fingerprint density at radius 3 is 2.67 bits per heavy atom. The van der Waals surface area contributed by atoms with Crippen molar-refractivity contribution in [2.75, 3.05) is 18.4 Å². The SMILES string of the molecule is CC[C@@H](N=C1NS(=O)(=O)N=C1Nc1cccc(C(=O)N2CCC[C@@H](C(=O)O)C2)c1O)c1ccccc1. The number of rotatable bonds is 6. The van der Waals surface area contributed by atoms with Crippen LogP contribution in [0.15, 0.2) is 57.9 Å². The number of carboxylic acid groups (broad SMARTS) is 1. The summed E-state index contributed by atoms with van der Waals surface area (Å²) in [6.45, 7) is 2.35. The zero-order valence-corrected chi connectivity index (χ0v) is 20.4. The number of piperidine rings is 1. The summed E-state index contributed by atoms with van der Waals surface area (Å²) in [5.41, 5.74) is 0.926. The number of amidine groups is 2. The van der Waals surface area contributed by atoms with Crippen LogP contribution >= 0.6 is 0 Å². The van der Waals surface area contributed by atoms with Crippen molar-refractivity contribution in [3.8, 4) is 5.75 Å². The Hall–Kier alpha value is -3.93. The van der Waals surface area contributed by atoms with E-state index in [0.29, 0.717) is 25.8 Å². The first-order chi connectivity index (χ1) is 17.2. The lowest BCUT2D eigenvalue weighted by Crippen LogP contribution is -2.42. The van der Waals surface area contributed by atoms with E-state index in [-0.39, 0.29) is 35.5 Å². The second kappa shape index (κ2) is 10.4. The van der Waals surface area contributed by atoms with Gasteiger partial charge >= 0.3 is 16.2 Å². The molecule has 4 rings (SSSR count). The van der Waals surface area contributed by atoms with E-state index in [0.717, 1.165) is 5.56 Å². The van der Waals surface area contributed by atoms with Crippen molar-refractivity contribution in [2.24, 2.45) is 15.3 Å². The van der Waals surface area contributed by atoms with Crippen LogP contribution in [0.25, 0.3) is 0 Å². The lowest BCUT2D eigenvalue weighted by atomic mass is 9.97. The maximum absolute atomic E-state index is 13.1. The Kier molecular flexibility index (Phi) is 7.25. The van der Waals surface area contributed by atoms with Crippen LogP contribution < -0.4 is 10.0 Å². The Balaban J connectivity index is 1.60. The van der Waals surface area contributed by atoms with Crippen LogP contribution in [-0.2, 0) is 15.0 Å². The highest BCUT2D eigenvalue weighted by Gasteiger charge is 2.31. The van der Waals surface area contributed by atoms with Crippen molar-refractivity contribution in [2.45, 2.75) is 32.2 Å². The summed E-state index contributed by atoms with van der Waals surface area (Å²) in [6, 6.07) is 13.5. The van der Waals surface area contributed by atoms with Crippen molar-refractivity contribution < 1.29 is 28.2 Å². The average Bonchev–Trinajstić information content (AvgIpc) is 3.16. The second-order valence-electron chi connectivity index (χ2n) is 8.58. The van der Waals surface area contributed by atoms with Crippen LogP contribution in [0, 0.1) is 5.92 Å². The second-order valence-corrected chi connectivity index (χ2v) is 9.92.